The standard InChI is InChI=1S/C21H29N/c1-14-8-10-20(17(4)11-14)21(22-6)18(5)13-19-12-15(2)7-9-16(19)3/h7,9,12-14H,8,10-11H2,1-6H3/b18-13+,22-21-. The van der Waals surface area contributed by atoms with Crippen LogP contribution in [-0.2, 0) is 0 Å². The van der Waals surface area contributed by atoms with Gasteiger partial charge in [0, 0.05) is 7.05 Å². The van der Waals surface area contributed by atoms with Crippen LogP contribution in [0.5, 0.6) is 0 Å². The third-order valence-electron chi connectivity index (χ3n) is 4.75. The fraction of sp³-hybridized carbons (Fsp3) is 0.476. The van der Waals surface area contributed by atoms with Gasteiger partial charge >= 0.3 is 0 Å². The van der Waals surface area contributed by atoms with Crippen molar-refractivity contribution in [1.29, 1.82) is 0 Å². The summed E-state index contributed by atoms with van der Waals surface area (Å²) < 4.78 is 0. The number of aryl methyl sites for hydroxylation is 2. The Labute approximate surface area is 135 Å². The highest BCUT2D eigenvalue weighted by Gasteiger charge is 2.19. The summed E-state index contributed by atoms with van der Waals surface area (Å²) in [5, 5.41) is 0. The monoisotopic (exact) mass is 295 g/mol. The molecule has 1 aromatic rings. The van der Waals surface area contributed by atoms with E-state index in [4.69, 9.17) is 0 Å². The maximum Gasteiger partial charge on any atom is 0.0631 e. The fourth-order valence-corrected chi connectivity index (χ4v) is 3.44. The molecule has 0 amide bonds. The Balaban J connectivity index is 2.37. The lowest BCUT2D eigenvalue weighted by Crippen LogP contribution is -2.14. The molecule has 0 N–H and O–H groups in total. The van der Waals surface area contributed by atoms with Crippen molar-refractivity contribution >= 4 is 11.8 Å². The van der Waals surface area contributed by atoms with E-state index >= 15 is 0 Å². The molecule has 22 heavy (non-hydrogen) atoms. The molecule has 0 aromatic heterocycles. The van der Waals surface area contributed by atoms with Gasteiger partial charge in [-0.3, -0.25) is 4.99 Å². The number of benzene rings is 1. The predicted octanol–water partition coefficient (Wildman–Crippen LogP) is 5.91. The molecule has 1 unspecified atom stereocenters. The summed E-state index contributed by atoms with van der Waals surface area (Å²) >= 11 is 0. The van der Waals surface area contributed by atoms with Crippen LogP contribution in [0.1, 0.15) is 56.7 Å². The number of aliphatic imine (C=N–C) groups is 1. The van der Waals surface area contributed by atoms with E-state index in [1.165, 1.54) is 52.0 Å². The minimum absolute atomic E-state index is 0.810. The molecule has 1 nitrogen and oxygen atoms in total. The van der Waals surface area contributed by atoms with E-state index in [9.17, 15) is 0 Å². The van der Waals surface area contributed by atoms with Crippen molar-refractivity contribution < 1.29 is 0 Å². The van der Waals surface area contributed by atoms with Crippen LogP contribution < -0.4 is 0 Å². The van der Waals surface area contributed by atoms with Crippen molar-refractivity contribution in [3.8, 4) is 0 Å². The Hall–Kier alpha value is -1.63. The number of allylic oxidation sites excluding steroid dienone is 3. The highest BCUT2D eigenvalue weighted by Crippen LogP contribution is 2.31. The largest absolute Gasteiger partial charge is 0.288 e. The summed E-state index contributed by atoms with van der Waals surface area (Å²) in [4.78, 5) is 4.63. The fourth-order valence-electron chi connectivity index (χ4n) is 3.44. The smallest absolute Gasteiger partial charge is 0.0631 e. The molecule has 1 aliphatic carbocycles. The van der Waals surface area contributed by atoms with E-state index in [1.54, 1.807) is 0 Å². The van der Waals surface area contributed by atoms with Gasteiger partial charge in [-0.2, -0.15) is 0 Å². The van der Waals surface area contributed by atoms with Gasteiger partial charge in [0.15, 0.2) is 0 Å². The zero-order valence-corrected chi connectivity index (χ0v) is 15.0. The topological polar surface area (TPSA) is 12.4 Å². The molecular formula is C21H29N. The Morgan fingerprint density at radius 1 is 1.23 bits per heavy atom. The second-order valence-corrected chi connectivity index (χ2v) is 6.87. The molecule has 1 aromatic carbocycles. The lowest BCUT2D eigenvalue weighted by molar-refractivity contribution is 0.503. The van der Waals surface area contributed by atoms with Crippen LogP contribution in [0, 0.1) is 19.8 Å². The summed E-state index contributed by atoms with van der Waals surface area (Å²) in [6, 6.07) is 6.63. The third-order valence-corrected chi connectivity index (χ3v) is 4.75. The van der Waals surface area contributed by atoms with Crippen molar-refractivity contribution in [2.75, 3.05) is 7.05 Å². The molecular weight excluding hydrogens is 266 g/mol. The average molecular weight is 295 g/mol. The summed E-state index contributed by atoms with van der Waals surface area (Å²) in [5.41, 5.74) is 9.41. The van der Waals surface area contributed by atoms with Crippen molar-refractivity contribution in [3.63, 3.8) is 0 Å². The van der Waals surface area contributed by atoms with Gasteiger partial charge in [0.05, 0.1) is 5.71 Å². The van der Waals surface area contributed by atoms with E-state index in [0.29, 0.717) is 0 Å². The molecule has 0 bridgehead atoms. The molecule has 0 fully saturated rings. The first kappa shape index (κ1) is 16.7. The number of hydrogen-bond acceptors (Lipinski definition) is 1. The Kier molecular flexibility index (Phi) is 5.39. The van der Waals surface area contributed by atoms with Crippen LogP contribution in [0.4, 0.5) is 0 Å². The quantitative estimate of drug-likeness (QED) is 0.614. The van der Waals surface area contributed by atoms with Gasteiger partial charge in [-0.15, -0.1) is 0 Å². The van der Waals surface area contributed by atoms with E-state index in [0.717, 1.165) is 12.3 Å². The second kappa shape index (κ2) is 7.09. The van der Waals surface area contributed by atoms with E-state index in [-0.39, 0.29) is 0 Å². The Bertz CT molecular complexity index is 644. The Morgan fingerprint density at radius 3 is 2.59 bits per heavy atom. The van der Waals surface area contributed by atoms with Gasteiger partial charge in [0.25, 0.3) is 0 Å². The first-order valence-electron chi connectivity index (χ1n) is 8.34. The van der Waals surface area contributed by atoms with Crippen LogP contribution >= 0.6 is 0 Å². The van der Waals surface area contributed by atoms with Crippen molar-refractivity contribution in [2.45, 2.75) is 53.9 Å². The SMILES string of the molecule is C/N=C(C1=C(C)CC(C)CC1)/C(C)=C/c1cc(C)ccc1C. The summed E-state index contributed by atoms with van der Waals surface area (Å²) in [7, 11) is 1.92. The van der Waals surface area contributed by atoms with Gasteiger partial charge in [-0.25, -0.2) is 0 Å². The highest BCUT2D eigenvalue weighted by molar-refractivity contribution is 6.14. The lowest BCUT2D eigenvalue weighted by atomic mass is 9.82. The van der Waals surface area contributed by atoms with E-state index in [1.807, 2.05) is 7.05 Å². The van der Waals surface area contributed by atoms with Crippen molar-refractivity contribution in [2.24, 2.45) is 10.9 Å². The maximum absolute atomic E-state index is 4.63. The second-order valence-electron chi connectivity index (χ2n) is 6.87. The zero-order valence-electron chi connectivity index (χ0n) is 15.0. The minimum Gasteiger partial charge on any atom is -0.288 e. The molecule has 2 rings (SSSR count). The number of hydrogen-bond donors (Lipinski definition) is 0. The number of rotatable bonds is 3. The molecule has 1 aliphatic rings. The van der Waals surface area contributed by atoms with Gasteiger partial charge in [-0.1, -0.05) is 36.3 Å². The van der Waals surface area contributed by atoms with Gasteiger partial charge in [0.1, 0.15) is 0 Å². The lowest BCUT2D eigenvalue weighted by Gasteiger charge is -2.24. The van der Waals surface area contributed by atoms with Crippen molar-refractivity contribution in [1.82, 2.24) is 0 Å². The first-order valence-corrected chi connectivity index (χ1v) is 8.34. The maximum atomic E-state index is 4.63. The molecule has 0 radical (unpaired) electrons. The number of nitrogens with zero attached hydrogens (tertiary/aromatic N) is 1. The molecule has 0 spiro atoms. The summed E-state index contributed by atoms with van der Waals surface area (Å²) in [6.45, 7) is 11.1. The van der Waals surface area contributed by atoms with Crippen LogP contribution in [0.25, 0.3) is 6.08 Å². The third kappa shape index (κ3) is 3.76. The van der Waals surface area contributed by atoms with Crippen LogP contribution in [0.2, 0.25) is 0 Å². The molecule has 1 atom stereocenters. The normalized spacial score (nSPS) is 20.5. The average Bonchev–Trinajstić information content (AvgIpc) is 2.46. The highest BCUT2D eigenvalue weighted by atomic mass is 14.7. The van der Waals surface area contributed by atoms with Crippen molar-refractivity contribution in [3.05, 3.63) is 51.6 Å². The molecule has 0 aliphatic heterocycles. The molecule has 118 valence electrons. The van der Waals surface area contributed by atoms with Gasteiger partial charge < -0.3 is 0 Å². The van der Waals surface area contributed by atoms with Gasteiger partial charge in [0.2, 0.25) is 0 Å². The summed E-state index contributed by atoms with van der Waals surface area (Å²) in [5.74, 6) is 0.810. The molecule has 0 saturated heterocycles. The van der Waals surface area contributed by atoms with Crippen LogP contribution in [0.15, 0.2) is 39.9 Å². The first-order chi connectivity index (χ1) is 10.4. The molecule has 0 heterocycles. The van der Waals surface area contributed by atoms with Gasteiger partial charge in [-0.05, 0) is 81.2 Å². The zero-order chi connectivity index (χ0) is 16.3. The minimum atomic E-state index is 0.810. The summed E-state index contributed by atoms with van der Waals surface area (Å²) in [6.07, 6.45) is 5.95. The Morgan fingerprint density at radius 2 is 1.95 bits per heavy atom. The van der Waals surface area contributed by atoms with E-state index < -0.39 is 0 Å². The molecule has 0 saturated carbocycles. The van der Waals surface area contributed by atoms with Crippen LogP contribution in [-0.4, -0.2) is 12.8 Å². The molecule has 1 heteroatoms. The van der Waals surface area contributed by atoms with E-state index in [2.05, 4.69) is 63.9 Å². The predicted molar refractivity (Wildman–Crippen MR) is 98.6 cm³/mol. The van der Waals surface area contributed by atoms with Crippen LogP contribution in [0.3, 0.4) is 0 Å².